The molecule has 0 saturated carbocycles. The number of carboxylic acid groups (broad SMARTS) is 1. The van der Waals surface area contributed by atoms with Crippen LogP contribution in [0.5, 0.6) is 5.75 Å². The second-order valence-corrected chi connectivity index (χ2v) is 3.73. The zero-order chi connectivity index (χ0) is 13.7. The summed E-state index contributed by atoms with van der Waals surface area (Å²) >= 11 is 0. The molecule has 0 aliphatic carbocycles. The number of rotatable bonds is 5. The van der Waals surface area contributed by atoms with Crippen molar-refractivity contribution in [3.05, 3.63) is 47.7 Å². The van der Waals surface area contributed by atoms with Crippen LogP contribution in [0.25, 0.3) is 6.08 Å². The Kier molecular flexibility index (Phi) is 3.92. The van der Waals surface area contributed by atoms with Crippen LogP contribution < -0.4 is 4.74 Å². The molecule has 1 aromatic heterocycles. The molecule has 0 unspecified atom stereocenters. The Bertz CT molecular complexity index is 604. The Hall–Kier alpha value is -2.63. The van der Waals surface area contributed by atoms with Gasteiger partial charge in [0.1, 0.15) is 5.75 Å². The maximum absolute atomic E-state index is 10.4. The van der Waals surface area contributed by atoms with Crippen molar-refractivity contribution in [3.63, 3.8) is 0 Å². The average Bonchev–Trinajstić information content (AvgIpc) is 2.84. The van der Waals surface area contributed by atoms with Crippen LogP contribution in [0.2, 0.25) is 0 Å². The Morgan fingerprint density at radius 3 is 3.05 bits per heavy atom. The van der Waals surface area contributed by atoms with E-state index in [9.17, 15) is 4.79 Å². The van der Waals surface area contributed by atoms with Crippen LogP contribution in [0.15, 0.2) is 34.8 Å². The summed E-state index contributed by atoms with van der Waals surface area (Å²) in [4.78, 5) is 10.4. The van der Waals surface area contributed by atoms with E-state index in [0.29, 0.717) is 12.3 Å². The minimum Gasteiger partial charge on any atom is -0.497 e. The summed E-state index contributed by atoms with van der Waals surface area (Å²) in [5.74, 6) is 0.272. The van der Waals surface area contributed by atoms with Crippen molar-refractivity contribution < 1.29 is 19.1 Å². The van der Waals surface area contributed by atoms with Crippen LogP contribution in [0.4, 0.5) is 0 Å². The fourth-order valence-electron chi connectivity index (χ4n) is 1.50. The second-order valence-electron chi connectivity index (χ2n) is 3.73. The van der Waals surface area contributed by atoms with Crippen LogP contribution in [0.3, 0.4) is 0 Å². The number of carboxylic acids is 1. The molecule has 6 heteroatoms. The lowest BCUT2D eigenvalue weighted by Crippen LogP contribution is -1.90. The molecule has 0 atom stereocenters. The maximum atomic E-state index is 10.4. The Labute approximate surface area is 109 Å². The van der Waals surface area contributed by atoms with E-state index in [-0.39, 0.29) is 5.89 Å². The van der Waals surface area contributed by atoms with Gasteiger partial charge in [0.15, 0.2) is 0 Å². The molecule has 0 fully saturated rings. The van der Waals surface area contributed by atoms with Crippen molar-refractivity contribution in [1.82, 2.24) is 10.2 Å². The number of hydrogen-bond acceptors (Lipinski definition) is 5. The van der Waals surface area contributed by atoms with Crippen molar-refractivity contribution >= 4 is 12.0 Å². The van der Waals surface area contributed by atoms with E-state index in [1.54, 1.807) is 7.11 Å². The van der Waals surface area contributed by atoms with Crippen LogP contribution >= 0.6 is 0 Å². The van der Waals surface area contributed by atoms with Gasteiger partial charge in [-0.1, -0.05) is 12.1 Å². The lowest BCUT2D eigenvalue weighted by atomic mass is 10.1. The maximum Gasteiger partial charge on any atom is 0.328 e. The number of methoxy groups -OCH3 is 1. The first kappa shape index (κ1) is 12.8. The zero-order valence-electron chi connectivity index (χ0n) is 10.2. The molecule has 0 spiro atoms. The van der Waals surface area contributed by atoms with Crippen LogP contribution in [-0.4, -0.2) is 28.4 Å². The average molecular weight is 260 g/mol. The predicted molar refractivity (Wildman–Crippen MR) is 66.8 cm³/mol. The second kappa shape index (κ2) is 5.81. The first-order chi connectivity index (χ1) is 9.17. The van der Waals surface area contributed by atoms with Crippen molar-refractivity contribution in [2.24, 2.45) is 0 Å². The van der Waals surface area contributed by atoms with Gasteiger partial charge in [0.25, 0.3) is 0 Å². The first-order valence-corrected chi connectivity index (χ1v) is 5.53. The molecule has 1 heterocycles. The van der Waals surface area contributed by atoms with Gasteiger partial charge < -0.3 is 14.3 Å². The summed E-state index contributed by atoms with van der Waals surface area (Å²) in [6.07, 6.45) is 2.67. The highest BCUT2D eigenvalue weighted by molar-refractivity contribution is 5.84. The molecule has 0 radical (unpaired) electrons. The standard InChI is InChI=1S/C13H12N2O4/c1-18-10-4-2-3-9(7-10)8-12-15-14-11(19-12)5-6-13(16)17/h2-7H,8H2,1H3,(H,16,17)/b6-5+. The highest BCUT2D eigenvalue weighted by atomic mass is 16.5. The molecule has 19 heavy (non-hydrogen) atoms. The molecule has 98 valence electrons. The highest BCUT2D eigenvalue weighted by Gasteiger charge is 2.06. The third kappa shape index (κ3) is 3.67. The van der Waals surface area contributed by atoms with E-state index in [1.807, 2.05) is 24.3 Å². The van der Waals surface area contributed by atoms with Gasteiger partial charge in [-0.3, -0.25) is 0 Å². The molecule has 2 rings (SSSR count). The molecule has 2 aromatic rings. The minimum atomic E-state index is -1.06. The normalized spacial score (nSPS) is 10.8. The molecule has 0 aliphatic rings. The zero-order valence-corrected chi connectivity index (χ0v) is 10.2. The number of nitrogens with zero attached hydrogens (tertiary/aromatic N) is 2. The number of aromatic nitrogens is 2. The molecule has 0 bridgehead atoms. The summed E-state index contributed by atoms with van der Waals surface area (Å²) < 4.78 is 10.4. The smallest absolute Gasteiger partial charge is 0.328 e. The molecule has 1 aromatic carbocycles. The number of benzene rings is 1. The van der Waals surface area contributed by atoms with Gasteiger partial charge in [-0.25, -0.2) is 4.79 Å². The fourth-order valence-corrected chi connectivity index (χ4v) is 1.50. The van der Waals surface area contributed by atoms with E-state index in [2.05, 4.69) is 10.2 Å². The molecular formula is C13H12N2O4. The van der Waals surface area contributed by atoms with Crippen molar-refractivity contribution in [3.8, 4) is 5.75 Å². The van der Waals surface area contributed by atoms with Crippen molar-refractivity contribution in [2.45, 2.75) is 6.42 Å². The van der Waals surface area contributed by atoms with E-state index in [0.717, 1.165) is 17.4 Å². The lowest BCUT2D eigenvalue weighted by Gasteiger charge is -2.01. The summed E-state index contributed by atoms with van der Waals surface area (Å²) in [5.41, 5.74) is 0.969. The SMILES string of the molecule is COc1cccc(Cc2nnc(/C=C/C(=O)O)o2)c1. The fraction of sp³-hybridized carbons (Fsp3) is 0.154. The molecule has 6 nitrogen and oxygen atoms in total. The number of hydrogen-bond donors (Lipinski definition) is 1. The number of ether oxygens (including phenoxy) is 1. The van der Waals surface area contributed by atoms with Gasteiger partial charge in [-0.15, -0.1) is 10.2 Å². The Morgan fingerprint density at radius 1 is 1.47 bits per heavy atom. The first-order valence-electron chi connectivity index (χ1n) is 5.53. The van der Waals surface area contributed by atoms with E-state index < -0.39 is 5.97 Å². The number of carbonyl (C=O) groups is 1. The molecule has 1 N–H and O–H groups in total. The topological polar surface area (TPSA) is 85.5 Å². The van der Waals surface area contributed by atoms with Gasteiger partial charge in [0, 0.05) is 12.2 Å². The Balaban J connectivity index is 2.09. The monoisotopic (exact) mass is 260 g/mol. The van der Waals surface area contributed by atoms with E-state index in [4.69, 9.17) is 14.3 Å². The van der Waals surface area contributed by atoms with E-state index >= 15 is 0 Å². The summed E-state index contributed by atoms with van der Waals surface area (Å²) in [6.45, 7) is 0. The third-order valence-electron chi connectivity index (χ3n) is 2.34. The molecule has 0 saturated heterocycles. The summed E-state index contributed by atoms with van der Waals surface area (Å²) in [7, 11) is 1.60. The van der Waals surface area contributed by atoms with E-state index in [1.165, 1.54) is 6.08 Å². The lowest BCUT2D eigenvalue weighted by molar-refractivity contribution is -0.131. The molecular weight excluding hydrogens is 248 g/mol. The van der Waals surface area contributed by atoms with Crippen LogP contribution in [-0.2, 0) is 11.2 Å². The highest BCUT2D eigenvalue weighted by Crippen LogP contribution is 2.15. The van der Waals surface area contributed by atoms with Crippen molar-refractivity contribution in [2.75, 3.05) is 7.11 Å². The van der Waals surface area contributed by atoms with Gasteiger partial charge in [-0.2, -0.15) is 0 Å². The van der Waals surface area contributed by atoms with Gasteiger partial charge >= 0.3 is 5.97 Å². The van der Waals surface area contributed by atoms with Crippen LogP contribution in [0.1, 0.15) is 17.3 Å². The van der Waals surface area contributed by atoms with Crippen LogP contribution in [0, 0.1) is 0 Å². The quantitative estimate of drug-likeness (QED) is 0.824. The summed E-state index contributed by atoms with van der Waals surface area (Å²) in [6, 6.07) is 7.50. The predicted octanol–water partition coefficient (Wildman–Crippen LogP) is 1.77. The minimum absolute atomic E-state index is 0.167. The largest absolute Gasteiger partial charge is 0.497 e. The Morgan fingerprint density at radius 2 is 2.32 bits per heavy atom. The molecule has 0 amide bonds. The molecule has 0 aliphatic heterocycles. The van der Waals surface area contributed by atoms with Crippen molar-refractivity contribution in [1.29, 1.82) is 0 Å². The third-order valence-corrected chi connectivity index (χ3v) is 2.34. The number of aliphatic carboxylic acids is 1. The van der Waals surface area contributed by atoms with Gasteiger partial charge in [0.2, 0.25) is 11.8 Å². The van der Waals surface area contributed by atoms with Gasteiger partial charge in [0.05, 0.1) is 13.5 Å². The summed E-state index contributed by atoms with van der Waals surface area (Å²) in [5, 5.41) is 16.1. The van der Waals surface area contributed by atoms with Gasteiger partial charge in [-0.05, 0) is 17.7 Å².